The van der Waals surface area contributed by atoms with Gasteiger partial charge in [-0.05, 0) is 23.3 Å². The van der Waals surface area contributed by atoms with Crippen LogP contribution >= 0.6 is 0 Å². The molecule has 0 spiro atoms. The summed E-state index contributed by atoms with van der Waals surface area (Å²) in [6, 6.07) is 11.9. The van der Waals surface area contributed by atoms with Crippen molar-refractivity contribution in [2.45, 2.75) is 12.6 Å². The molecule has 2 rings (SSSR count). The number of carbonyl (C=O) groups excluding carboxylic acids is 1. The number of benzene rings is 2. The molecule has 0 radical (unpaired) electrons. The van der Waals surface area contributed by atoms with E-state index in [0.717, 1.165) is 17.7 Å². The van der Waals surface area contributed by atoms with Gasteiger partial charge in [0, 0.05) is 6.54 Å². The second kappa shape index (κ2) is 6.95. The molecule has 1 atom stereocenters. The minimum atomic E-state index is -0.997. The molecular formula is C16H15F2NO2. The van der Waals surface area contributed by atoms with Crippen LogP contribution < -0.4 is 5.32 Å². The topological polar surface area (TPSA) is 38.3 Å². The summed E-state index contributed by atoms with van der Waals surface area (Å²) in [5, 5.41) is 2.99. The van der Waals surface area contributed by atoms with Crippen LogP contribution in [0.15, 0.2) is 48.5 Å². The highest BCUT2D eigenvalue weighted by molar-refractivity contribution is 5.77. The molecule has 0 aliphatic rings. The zero-order chi connectivity index (χ0) is 15.2. The lowest BCUT2D eigenvalue weighted by Gasteiger charge is -2.17. The molecule has 0 aromatic heterocycles. The van der Waals surface area contributed by atoms with E-state index >= 15 is 0 Å². The van der Waals surface area contributed by atoms with Crippen LogP contribution in [-0.4, -0.2) is 13.1 Å². The highest BCUT2D eigenvalue weighted by Crippen LogP contribution is 2.18. The van der Waals surface area contributed by atoms with Crippen LogP contribution in [0.5, 0.6) is 0 Å². The number of carbonyl (C=O) groups is 1. The largest absolute Gasteiger partial charge is 0.468 e. The molecule has 0 saturated heterocycles. The molecule has 21 heavy (non-hydrogen) atoms. The number of methoxy groups -OCH3 is 1. The van der Waals surface area contributed by atoms with Crippen molar-refractivity contribution in [2.75, 3.05) is 7.11 Å². The van der Waals surface area contributed by atoms with Gasteiger partial charge in [-0.15, -0.1) is 0 Å². The van der Waals surface area contributed by atoms with Crippen LogP contribution in [-0.2, 0) is 16.1 Å². The first kappa shape index (κ1) is 15.1. The van der Waals surface area contributed by atoms with Gasteiger partial charge in [-0.25, -0.2) is 13.6 Å². The molecule has 0 heterocycles. The fourth-order valence-corrected chi connectivity index (χ4v) is 1.96. The first-order valence-electron chi connectivity index (χ1n) is 6.42. The fraction of sp³-hybridized carbons (Fsp3) is 0.188. The zero-order valence-corrected chi connectivity index (χ0v) is 11.5. The van der Waals surface area contributed by atoms with Crippen LogP contribution in [0.3, 0.4) is 0 Å². The van der Waals surface area contributed by atoms with E-state index in [2.05, 4.69) is 5.32 Å². The average molecular weight is 291 g/mol. The smallest absolute Gasteiger partial charge is 0.327 e. The van der Waals surface area contributed by atoms with Gasteiger partial charge in [-0.2, -0.15) is 0 Å². The molecular weight excluding hydrogens is 276 g/mol. The number of nitrogens with one attached hydrogen (secondary N) is 1. The number of ether oxygens (including phenoxy) is 1. The van der Waals surface area contributed by atoms with Gasteiger partial charge in [-0.1, -0.05) is 36.4 Å². The van der Waals surface area contributed by atoms with Crippen molar-refractivity contribution >= 4 is 5.97 Å². The summed E-state index contributed by atoms with van der Waals surface area (Å²) < 4.78 is 31.0. The molecule has 1 N–H and O–H groups in total. The summed E-state index contributed by atoms with van der Waals surface area (Å²) in [5.74, 6) is -2.51. The number of esters is 1. The van der Waals surface area contributed by atoms with Crippen LogP contribution in [0, 0.1) is 11.6 Å². The Balaban J connectivity index is 2.18. The Morgan fingerprint density at radius 2 is 1.86 bits per heavy atom. The highest BCUT2D eigenvalue weighted by Gasteiger charge is 2.22. The lowest BCUT2D eigenvalue weighted by Crippen LogP contribution is -2.29. The van der Waals surface area contributed by atoms with E-state index in [0.29, 0.717) is 12.1 Å². The van der Waals surface area contributed by atoms with Gasteiger partial charge in [0.15, 0.2) is 11.6 Å². The Labute approximate surface area is 121 Å². The molecule has 3 nitrogen and oxygen atoms in total. The molecule has 0 aliphatic carbocycles. The number of hydrogen-bond donors (Lipinski definition) is 1. The Hall–Kier alpha value is -2.27. The Bertz CT molecular complexity index is 617. The standard InChI is InChI=1S/C16H15F2NO2/c1-21-16(20)15(12-7-8-13(17)14(18)9-12)19-10-11-5-3-2-4-6-11/h2-9,15,19H,10H2,1H3. The first-order valence-corrected chi connectivity index (χ1v) is 6.42. The van der Waals surface area contributed by atoms with Crippen molar-refractivity contribution in [2.24, 2.45) is 0 Å². The first-order chi connectivity index (χ1) is 10.1. The van der Waals surface area contributed by atoms with Crippen LogP contribution in [0.2, 0.25) is 0 Å². The molecule has 2 aromatic carbocycles. The number of hydrogen-bond acceptors (Lipinski definition) is 3. The van der Waals surface area contributed by atoms with Crippen LogP contribution in [0.4, 0.5) is 8.78 Å². The molecule has 5 heteroatoms. The minimum absolute atomic E-state index is 0.316. The van der Waals surface area contributed by atoms with Gasteiger partial charge >= 0.3 is 5.97 Å². The van der Waals surface area contributed by atoms with Gasteiger partial charge < -0.3 is 4.74 Å². The van der Waals surface area contributed by atoms with E-state index in [-0.39, 0.29) is 0 Å². The predicted octanol–water partition coefficient (Wildman–Crippen LogP) is 2.97. The molecule has 1 unspecified atom stereocenters. The summed E-state index contributed by atoms with van der Waals surface area (Å²) in [6.45, 7) is 0.402. The number of rotatable bonds is 5. The van der Waals surface area contributed by atoms with Gasteiger partial charge in [0.05, 0.1) is 7.11 Å². The number of halogens is 2. The maximum Gasteiger partial charge on any atom is 0.327 e. The molecule has 0 bridgehead atoms. The Morgan fingerprint density at radius 3 is 2.48 bits per heavy atom. The van der Waals surface area contributed by atoms with Gasteiger partial charge in [0.1, 0.15) is 6.04 Å². The molecule has 0 saturated carbocycles. The third-order valence-electron chi connectivity index (χ3n) is 3.07. The summed E-state index contributed by atoms with van der Waals surface area (Å²) >= 11 is 0. The fourth-order valence-electron chi connectivity index (χ4n) is 1.96. The molecule has 0 aliphatic heterocycles. The maximum atomic E-state index is 13.3. The summed E-state index contributed by atoms with van der Waals surface area (Å²) in [5.41, 5.74) is 1.28. The molecule has 2 aromatic rings. The van der Waals surface area contributed by atoms with E-state index < -0.39 is 23.6 Å². The minimum Gasteiger partial charge on any atom is -0.468 e. The normalized spacial score (nSPS) is 12.0. The Kier molecular flexibility index (Phi) is 5.00. The lowest BCUT2D eigenvalue weighted by atomic mass is 10.1. The summed E-state index contributed by atoms with van der Waals surface area (Å²) in [6.07, 6.45) is 0. The van der Waals surface area contributed by atoms with Gasteiger partial charge in [0.25, 0.3) is 0 Å². The second-order valence-electron chi connectivity index (χ2n) is 4.50. The molecule has 0 fully saturated rings. The van der Waals surface area contributed by atoms with Crippen molar-refractivity contribution in [3.8, 4) is 0 Å². The SMILES string of the molecule is COC(=O)C(NCc1ccccc1)c1ccc(F)c(F)c1. The van der Waals surface area contributed by atoms with E-state index in [1.807, 2.05) is 30.3 Å². The van der Waals surface area contributed by atoms with Crippen LogP contribution in [0.25, 0.3) is 0 Å². The van der Waals surface area contributed by atoms with Crippen LogP contribution in [0.1, 0.15) is 17.2 Å². The average Bonchev–Trinajstić information content (AvgIpc) is 2.51. The third kappa shape index (κ3) is 3.86. The van der Waals surface area contributed by atoms with Crippen molar-refractivity contribution in [3.63, 3.8) is 0 Å². The van der Waals surface area contributed by atoms with Crippen molar-refractivity contribution < 1.29 is 18.3 Å². The monoisotopic (exact) mass is 291 g/mol. The maximum absolute atomic E-state index is 13.3. The van der Waals surface area contributed by atoms with E-state index in [1.54, 1.807) is 0 Å². The van der Waals surface area contributed by atoms with Crippen molar-refractivity contribution in [3.05, 3.63) is 71.3 Å². The zero-order valence-electron chi connectivity index (χ0n) is 11.5. The second-order valence-corrected chi connectivity index (χ2v) is 4.50. The summed E-state index contributed by atoms with van der Waals surface area (Å²) in [4.78, 5) is 11.8. The van der Waals surface area contributed by atoms with Gasteiger partial charge in [0.2, 0.25) is 0 Å². The van der Waals surface area contributed by atoms with E-state index in [9.17, 15) is 13.6 Å². The third-order valence-corrected chi connectivity index (χ3v) is 3.07. The highest BCUT2D eigenvalue weighted by atomic mass is 19.2. The molecule has 0 amide bonds. The summed E-state index contributed by atoms with van der Waals surface area (Å²) in [7, 11) is 1.25. The molecule has 110 valence electrons. The van der Waals surface area contributed by atoms with Gasteiger partial charge in [-0.3, -0.25) is 5.32 Å². The Morgan fingerprint density at radius 1 is 1.14 bits per heavy atom. The van der Waals surface area contributed by atoms with E-state index in [4.69, 9.17) is 4.74 Å². The van der Waals surface area contributed by atoms with Crippen molar-refractivity contribution in [1.29, 1.82) is 0 Å². The van der Waals surface area contributed by atoms with Crippen molar-refractivity contribution in [1.82, 2.24) is 5.32 Å². The van der Waals surface area contributed by atoms with E-state index in [1.165, 1.54) is 13.2 Å². The predicted molar refractivity (Wildman–Crippen MR) is 74.4 cm³/mol. The lowest BCUT2D eigenvalue weighted by molar-refractivity contribution is -0.143. The quantitative estimate of drug-likeness (QED) is 0.861.